The van der Waals surface area contributed by atoms with Crippen LogP contribution >= 0.6 is 0 Å². The van der Waals surface area contributed by atoms with Gasteiger partial charge in [-0.1, -0.05) is 78.9 Å². The van der Waals surface area contributed by atoms with E-state index in [1.165, 1.54) is 4.90 Å². The first-order valence-corrected chi connectivity index (χ1v) is 13.0. The van der Waals surface area contributed by atoms with Gasteiger partial charge in [-0.3, -0.25) is 14.0 Å². The van der Waals surface area contributed by atoms with Gasteiger partial charge in [0.1, 0.15) is 23.7 Å². The van der Waals surface area contributed by atoms with Gasteiger partial charge in [-0.2, -0.15) is 0 Å². The van der Waals surface area contributed by atoms with Gasteiger partial charge in [-0.15, -0.1) is 0 Å². The Hall–Kier alpha value is -5.17. The van der Waals surface area contributed by atoms with Gasteiger partial charge in [0.2, 0.25) is 0 Å². The maximum atomic E-state index is 13.5. The van der Waals surface area contributed by atoms with E-state index >= 15 is 0 Å². The van der Waals surface area contributed by atoms with E-state index in [0.717, 1.165) is 11.1 Å². The number of Topliss-reactive ketones (excluding diaryl/α,β-unsaturated/α-hetero) is 1. The Morgan fingerprint density at radius 1 is 0.850 bits per heavy atom. The smallest absolute Gasteiger partial charge is 0.295 e. The third kappa shape index (κ3) is 4.62. The summed E-state index contributed by atoms with van der Waals surface area (Å²) >= 11 is 0. The van der Waals surface area contributed by atoms with E-state index in [9.17, 15) is 14.7 Å². The van der Waals surface area contributed by atoms with Crippen LogP contribution < -0.4 is 4.74 Å². The van der Waals surface area contributed by atoms with E-state index in [1.807, 2.05) is 103 Å². The predicted molar refractivity (Wildman–Crippen MR) is 151 cm³/mol. The fraction of sp³-hybridized carbons (Fsp3) is 0.121. The molecule has 1 fully saturated rings. The highest BCUT2D eigenvalue weighted by atomic mass is 16.5. The number of nitrogens with zero attached hydrogens (tertiary/aromatic N) is 3. The lowest BCUT2D eigenvalue weighted by atomic mass is 9.96. The minimum Gasteiger partial charge on any atom is -0.505 e. The lowest BCUT2D eigenvalue weighted by molar-refractivity contribution is -0.140. The molecule has 0 saturated carbocycles. The number of ether oxygens (including phenoxy) is 1. The van der Waals surface area contributed by atoms with Crippen molar-refractivity contribution in [1.82, 2.24) is 14.3 Å². The van der Waals surface area contributed by atoms with Crippen LogP contribution in [0, 0.1) is 6.92 Å². The molecule has 0 spiro atoms. The number of benzene rings is 3. The van der Waals surface area contributed by atoms with Gasteiger partial charge >= 0.3 is 0 Å². The topological polar surface area (TPSA) is 84.1 Å². The van der Waals surface area contributed by atoms with Crippen LogP contribution in [-0.4, -0.2) is 31.1 Å². The standard InChI is InChI=1S/C33H27N3O4/c1-22-29(35-19-9-8-14-27(35)34-22)31(37)28-30(36(33(39)32(28)38)20-23-10-4-2-5-11-23)25-15-17-26(18-16-25)40-21-24-12-6-3-7-13-24/h2-19,30,37H,20-21H2,1H3/b31-28+. The molecule has 0 bridgehead atoms. The van der Waals surface area contributed by atoms with Crippen LogP contribution in [0.1, 0.15) is 34.1 Å². The second kappa shape index (κ2) is 10.5. The summed E-state index contributed by atoms with van der Waals surface area (Å²) in [6.45, 7) is 2.40. The zero-order valence-electron chi connectivity index (χ0n) is 21.9. The number of carbonyl (C=O) groups excluding carboxylic acids is 2. The Bertz CT molecular complexity index is 1720. The summed E-state index contributed by atoms with van der Waals surface area (Å²) in [5, 5.41) is 11.7. The Balaban J connectivity index is 1.42. The number of carbonyl (C=O) groups is 2. The van der Waals surface area contributed by atoms with Gasteiger partial charge in [-0.25, -0.2) is 4.98 Å². The number of hydrogen-bond acceptors (Lipinski definition) is 5. The lowest BCUT2D eigenvalue weighted by Gasteiger charge is -2.25. The average Bonchev–Trinajstić information content (AvgIpc) is 3.45. The molecule has 1 saturated heterocycles. The number of aliphatic hydroxyl groups is 1. The van der Waals surface area contributed by atoms with Crippen LogP contribution in [-0.2, 0) is 22.7 Å². The summed E-state index contributed by atoms with van der Waals surface area (Å²) in [5.41, 5.74) is 4.23. The molecule has 0 aliphatic carbocycles. The number of hydrogen-bond donors (Lipinski definition) is 1. The van der Waals surface area contributed by atoms with Crippen molar-refractivity contribution < 1.29 is 19.4 Å². The van der Waals surface area contributed by atoms with Crippen molar-refractivity contribution in [2.24, 2.45) is 0 Å². The first-order valence-electron chi connectivity index (χ1n) is 13.0. The normalized spacial score (nSPS) is 16.5. The molecule has 5 aromatic rings. The van der Waals surface area contributed by atoms with Crippen molar-refractivity contribution in [3.63, 3.8) is 0 Å². The van der Waals surface area contributed by atoms with Gasteiger partial charge in [0.25, 0.3) is 11.7 Å². The highest BCUT2D eigenvalue weighted by molar-refractivity contribution is 6.46. The zero-order valence-corrected chi connectivity index (χ0v) is 21.9. The molecule has 1 aliphatic rings. The summed E-state index contributed by atoms with van der Waals surface area (Å²) in [6, 6.07) is 31.4. The number of likely N-dealkylation sites (tertiary alicyclic amines) is 1. The largest absolute Gasteiger partial charge is 0.505 e. The molecule has 0 radical (unpaired) electrons. The molecule has 7 nitrogen and oxygen atoms in total. The number of amides is 1. The third-order valence-corrected chi connectivity index (χ3v) is 7.11. The SMILES string of the molecule is Cc1nc2ccccn2c1/C(O)=C1\C(=O)C(=O)N(Cc2ccccc2)C1c1ccc(OCc2ccccc2)cc1. The van der Waals surface area contributed by atoms with E-state index < -0.39 is 17.7 Å². The first kappa shape index (κ1) is 25.1. The van der Waals surface area contributed by atoms with Crippen molar-refractivity contribution in [3.8, 4) is 5.75 Å². The van der Waals surface area contributed by atoms with Crippen LogP contribution in [0.15, 0.2) is 115 Å². The molecule has 40 heavy (non-hydrogen) atoms. The highest BCUT2D eigenvalue weighted by Crippen LogP contribution is 2.41. The summed E-state index contributed by atoms with van der Waals surface area (Å²) in [7, 11) is 0. The Labute approximate surface area is 231 Å². The molecule has 1 unspecified atom stereocenters. The van der Waals surface area contributed by atoms with Gasteiger partial charge in [0.15, 0.2) is 5.76 Å². The molecule has 1 atom stereocenters. The maximum absolute atomic E-state index is 13.5. The van der Waals surface area contributed by atoms with Crippen LogP contribution in [0.25, 0.3) is 11.4 Å². The summed E-state index contributed by atoms with van der Waals surface area (Å²) in [6.07, 6.45) is 1.78. The first-order chi connectivity index (χ1) is 19.5. The average molecular weight is 530 g/mol. The number of imidazole rings is 1. The Morgan fingerprint density at radius 2 is 1.50 bits per heavy atom. The molecule has 1 aliphatic heterocycles. The minimum atomic E-state index is -0.794. The van der Waals surface area contributed by atoms with Crippen molar-refractivity contribution in [2.75, 3.05) is 0 Å². The number of pyridine rings is 1. The fourth-order valence-electron chi connectivity index (χ4n) is 5.18. The van der Waals surface area contributed by atoms with Gasteiger partial charge < -0.3 is 14.7 Å². The van der Waals surface area contributed by atoms with Crippen molar-refractivity contribution in [3.05, 3.63) is 143 Å². The molecular weight excluding hydrogens is 502 g/mol. The van der Waals surface area contributed by atoms with Gasteiger partial charge in [0.05, 0.1) is 17.3 Å². The molecule has 1 amide bonds. The Kier molecular flexibility index (Phi) is 6.62. The molecule has 1 N–H and O–H groups in total. The maximum Gasteiger partial charge on any atom is 0.295 e. The van der Waals surface area contributed by atoms with Crippen LogP contribution in [0.2, 0.25) is 0 Å². The molecule has 2 aromatic heterocycles. The molecule has 6 rings (SSSR count). The quantitative estimate of drug-likeness (QED) is 0.163. The van der Waals surface area contributed by atoms with E-state index in [-0.39, 0.29) is 17.9 Å². The predicted octanol–water partition coefficient (Wildman–Crippen LogP) is 5.84. The van der Waals surface area contributed by atoms with Gasteiger partial charge in [-0.05, 0) is 47.9 Å². The highest BCUT2D eigenvalue weighted by Gasteiger charge is 2.46. The Morgan fingerprint density at radius 3 is 2.20 bits per heavy atom. The molecule has 7 heteroatoms. The van der Waals surface area contributed by atoms with E-state index in [1.54, 1.807) is 17.5 Å². The van der Waals surface area contributed by atoms with Crippen molar-refractivity contribution in [1.29, 1.82) is 0 Å². The number of ketones is 1. The number of aryl methyl sites for hydroxylation is 1. The third-order valence-electron chi connectivity index (χ3n) is 7.11. The second-order valence-electron chi connectivity index (χ2n) is 9.73. The number of rotatable bonds is 7. The number of aromatic nitrogens is 2. The van der Waals surface area contributed by atoms with Crippen LogP contribution in [0.4, 0.5) is 0 Å². The van der Waals surface area contributed by atoms with Gasteiger partial charge in [0, 0.05) is 12.7 Å². The van der Waals surface area contributed by atoms with Crippen molar-refractivity contribution >= 4 is 23.1 Å². The van der Waals surface area contributed by atoms with E-state index in [2.05, 4.69) is 4.98 Å². The summed E-state index contributed by atoms with van der Waals surface area (Å²) < 4.78 is 7.68. The fourth-order valence-corrected chi connectivity index (χ4v) is 5.18. The second-order valence-corrected chi connectivity index (χ2v) is 9.73. The summed E-state index contributed by atoms with van der Waals surface area (Å²) in [5.74, 6) is -0.982. The molecule has 3 heterocycles. The number of aliphatic hydroxyl groups excluding tert-OH is 1. The molecule has 198 valence electrons. The molecule has 3 aromatic carbocycles. The summed E-state index contributed by atoms with van der Waals surface area (Å²) in [4.78, 5) is 33.0. The van der Waals surface area contributed by atoms with Crippen LogP contribution in [0.3, 0.4) is 0 Å². The van der Waals surface area contributed by atoms with Crippen LogP contribution in [0.5, 0.6) is 5.75 Å². The van der Waals surface area contributed by atoms with E-state index in [4.69, 9.17) is 4.74 Å². The monoisotopic (exact) mass is 529 g/mol. The minimum absolute atomic E-state index is 0.0349. The zero-order chi connectivity index (χ0) is 27.6. The van der Waals surface area contributed by atoms with Crippen molar-refractivity contribution in [2.45, 2.75) is 26.1 Å². The molecular formula is C33H27N3O4. The van der Waals surface area contributed by atoms with E-state index in [0.29, 0.717) is 35.0 Å². The number of fused-ring (bicyclic) bond motifs is 1. The lowest BCUT2D eigenvalue weighted by Crippen LogP contribution is -2.29.